The molecular weight excluding hydrogens is 269 g/mol. The second-order valence-corrected chi connectivity index (χ2v) is 4.45. The molecule has 0 saturated heterocycles. The SMILES string of the molecule is O=NC(Cl)Cc1ccc(Oc2cccc(F)c2)cc1. The summed E-state index contributed by atoms with van der Waals surface area (Å²) in [4.78, 5) is 10.2. The Balaban J connectivity index is 2.04. The number of nitrogens with zero attached hydrogens (tertiary/aromatic N) is 1. The van der Waals surface area contributed by atoms with Gasteiger partial charge in [-0.3, -0.25) is 0 Å². The summed E-state index contributed by atoms with van der Waals surface area (Å²) in [5.41, 5.74) is 0.112. The Morgan fingerprint density at radius 3 is 2.53 bits per heavy atom. The fourth-order valence-corrected chi connectivity index (χ4v) is 1.77. The average molecular weight is 280 g/mol. The van der Waals surface area contributed by atoms with E-state index in [1.54, 1.807) is 36.4 Å². The molecule has 19 heavy (non-hydrogen) atoms. The molecule has 98 valence electrons. The van der Waals surface area contributed by atoms with Crippen LogP contribution in [-0.2, 0) is 6.42 Å². The molecule has 1 atom stereocenters. The van der Waals surface area contributed by atoms with Gasteiger partial charge in [0.1, 0.15) is 17.3 Å². The summed E-state index contributed by atoms with van der Waals surface area (Å²) in [6, 6.07) is 12.9. The highest BCUT2D eigenvalue weighted by atomic mass is 35.5. The zero-order chi connectivity index (χ0) is 13.7. The van der Waals surface area contributed by atoms with Crippen LogP contribution in [0.4, 0.5) is 4.39 Å². The van der Waals surface area contributed by atoms with Crippen molar-refractivity contribution in [1.82, 2.24) is 0 Å². The van der Waals surface area contributed by atoms with Crippen LogP contribution in [0.15, 0.2) is 53.7 Å². The van der Waals surface area contributed by atoms with Crippen molar-refractivity contribution in [2.24, 2.45) is 5.18 Å². The topological polar surface area (TPSA) is 38.7 Å². The maximum Gasteiger partial charge on any atom is 0.169 e. The Kier molecular flexibility index (Phi) is 4.47. The zero-order valence-corrected chi connectivity index (χ0v) is 10.7. The van der Waals surface area contributed by atoms with Crippen LogP contribution in [0.1, 0.15) is 5.56 Å². The quantitative estimate of drug-likeness (QED) is 0.459. The molecule has 0 heterocycles. The van der Waals surface area contributed by atoms with E-state index >= 15 is 0 Å². The van der Waals surface area contributed by atoms with Gasteiger partial charge in [-0.15, -0.1) is 4.91 Å². The largest absolute Gasteiger partial charge is 0.457 e. The molecule has 0 aliphatic carbocycles. The van der Waals surface area contributed by atoms with Crippen LogP contribution in [0, 0.1) is 10.7 Å². The van der Waals surface area contributed by atoms with Crippen LogP contribution in [0.5, 0.6) is 11.5 Å². The number of benzene rings is 2. The highest BCUT2D eigenvalue weighted by molar-refractivity contribution is 6.20. The molecule has 0 amide bonds. The van der Waals surface area contributed by atoms with E-state index < -0.39 is 5.50 Å². The molecule has 0 saturated carbocycles. The molecule has 0 bridgehead atoms. The fraction of sp³-hybridized carbons (Fsp3) is 0.143. The summed E-state index contributed by atoms with van der Waals surface area (Å²) in [5.74, 6) is 0.660. The number of ether oxygens (including phenoxy) is 1. The van der Waals surface area contributed by atoms with E-state index in [0.717, 1.165) is 5.56 Å². The van der Waals surface area contributed by atoms with E-state index in [4.69, 9.17) is 16.3 Å². The minimum Gasteiger partial charge on any atom is -0.457 e. The molecule has 0 aliphatic rings. The first kappa shape index (κ1) is 13.5. The lowest BCUT2D eigenvalue weighted by atomic mass is 10.1. The van der Waals surface area contributed by atoms with Gasteiger partial charge in [0, 0.05) is 12.5 Å². The normalized spacial score (nSPS) is 11.9. The van der Waals surface area contributed by atoms with E-state index in [0.29, 0.717) is 17.9 Å². The Labute approximate surface area is 114 Å². The van der Waals surface area contributed by atoms with Crippen LogP contribution >= 0.6 is 11.6 Å². The number of hydrogen-bond acceptors (Lipinski definition) is 3. The van der Waals surface area contributed by atoms with Gasteiger partial charge in [-0.2, -0.15) is 0 Å². The van der Waals surface area contributed by atoms with E-state index in [1.165, 1.54) is 12.1 Å². The van der Waals surface area contributed by atoms with Crippen LogP contribution in [0.3, 0.4) is 0 Å². The highest BCUT2D eigenvalue weighted by Gasteiger charge is 2.05. The molecular formula is C14H11ClFNO2. The standard InChI is InChI=1S/C14H11ClFNO2/c15-14(17-18)8-10-4-6-12(7-5-10)19-13-3-1-2-11(16)9-13/h1-7,9,14H,8H2. The van der Waals surface area contributed by atoms with E-state index in [9.17, 15) is 9.30 Å². The minimum absolute atomic E-state index is 0.351. The molecule has 0 radical (unpaired) electrons. The van der Waals surface area contributed by atoms with Gasteiger partial charge in [-0.1, -0.05) is 29.8 Å². The third kappa shape index (κ3) is 4.03. The minimum atomic E-state index is -0.769. The van der Waals surface area contributed by atoms with Gasteiger partial charge in [0.25, 0.3) is 0 Å². The number of rotatable bonds is 5. The van der Waals surface area contributed by atoms with E-state index in [2.05, 4.69) is 5.18 Å². The van der Waals surface area contributed by atoms with Crippen LogP contribution in [-0.4, -0.2) is 5.50 Å². The zero-order valence-electron chi connectivity index (χ0n) is 9.92. The van der Waals surface area contributed by atoms with Crippen molar-refractivity contribution < 1.29 is 9.13 Å². The first-order chi connectivity index (χ1) is 9.17. The van der Waals surface area contributed by atoms with Crippen molar-refractivity contribution in [3.63, 3.8) is 0 Å². The Morgan fingerprint density at radius 1 is 1.16 bits per heavy atom. The van der Waals surface area contributed by atoms with Crippen molar-refractivity contribution in [1.29, 1.82) is 0 Å². The number of nitroso groups, excluding NO2 is 1. The van der Waals surface area contributed by atoms with Gasteiger partial charge in [0.15, 0.2) is 5.50 Å². The van der Waals surface area contributed by atoms with Crippen LogP contribution < -0.4 is 4.74 Å². The lowest BCUT2D eigenvalue weighted by Crippen LogP contribution is -1.98. The number of halogens is 2. The third-order valence-electron chi connectivity index (χ3n) is 2.47. The highest BCUT2D eigenvalue weighted by Crippen LogP contribution is 2.22. The summed E-state index contributed by atoms with van der Waals surface area (Å²) in [7, 11) is 0. The smallest absolute Gasteiger partial charge is 0.169 e. The summed E-state index contributed by atoms with van der Waals surface area (Å²) >= 11 is 5.63. The molecule has 0 N–H and O–H groups in total. The molecule has 0 spiro atoms. The molecule has 2 aromatic carbocycles. The fourth-order valence-electron chi connectivity index (χ4n) is 1.59. The van der Waals surface area contributed by atoms with Gasteiger partial charge < -0.3 is 4.74 Å². The number of hydrogen-bond donors (Lipinski definition) is 0. The lowest BCUT2D eigenvalue weighted by molar-refractivity contribution is 0.476. The van der Waals surface area contributed by atoms with E-state index in [1.807, 2.05) is 0 Å². The van der Waals surface area contributed by atoms with Gasteiger partial charge in [0.05, 0.1) is 0 Å². The van der Waals surface area contributed by atoms with E-state index in [-0.39, 0.29) is 5.82 Å². The molecule has 0 aromatic heterocycles. The molecule has 5 heteroatoms. The van der Waals surface area contributed by atoms with Gasteiger partial charge in [0.2, 0.25) is 0 Å². The monoisotopic (exact) mass is 279 g/mol. The maximum atomic E-state index is 13.0. The molecule has 1 unspecified atom stereocenters. The summed E-state index contributed by atoms with van der Waals surface area (Å²) < 4.78 is 18.5. The first-order valence-electron chi connectivity index (χ1n) is 5.66. The van der Waals surface area contributed by atoms with Crippen LogP contribution in [0.25, 0.3) is 0 Å². The van der Waals surface area contributed by atoms with Crippen molar-refractivity contribution in [2.75, 3.05) is 0 Å². The summed E-state index contributed by atoms with van der Waals surface area (Å²) in [5, 5.41) is 2.73. The van der Waals surface area contributed by atoms with Gasteiger partial charge in [-0.05, 0) is 35.0 Å². The van der Waals surface area contributed by atoms with Gasteiger partial charge in [-0.25, -0.2) is 4.39 Å². The predicted octanol–water partition coefficient (Wildman–Crippen LogP) is 4.49. The molecule has 2 aromatic rings. The maximum absolute atomic E-state index is 13.0. The number of alkyl halides is 1. The van der Waals surface area contributed by atoms with Crippen molar-refractivity contribution >= 4 is 11.6 Å². The van der Waals surface area contributed by atoms with Crippen molar-refractivity contribution in [3.05, 3.63) is 64.8 Å². The second kappa shape index (κ2) is 6.29. The van der Waals surface area contributed by atoms with Crippen molar-refractivity contribution in [2.45, 2.75) is 11.9 Å². The predicted molar refractivity (Wildman–Crippen MR) is 72.1 cm³/mol. The summed E-state index contributed by atoms with van der Waals surface area (Å²) in [6.45, 7) is 0. The molecule has 3 nitrogen and oxygen atoms in total. The van der Waals surface area contributed by atoms with Gasteiger partial charge >= 0.3 is 0 Å². The second-order valence-electron chi connectivity index (χ2n) is 3.95. The first-order valence-corrected chi connectivity index (χ1v) is 6.10. The average Bonchev–Trinajstić information content (AvgIpc) is 2.41. The Morgan fingerprint density at radius 2 is 1.89 bits per heavy atom. The Hall–Kier alpha value is -1.94. The van der Waals surface area contributed by atoms with Crippen molar-refractivity contribution in [3.8, 4) is 11.5 Å². The molecule has 0 fully saturated rings. The third-order valence-corrected chi connectivity index (χ3v) is 2.71. The lowest BCUT2D eigenvalue weighted by Gasteiger charge is -2.07. The van der Waals surface area contributed by atoms with Crippen LogP contribution in [0.2, 0.25) is 0 Å². The summed E-state index contributed by atoms with van der Waals surface area (Å²) in [6.07, 6.45) is 0.366. The molecule has 0 aliphatic heterocycles. The Bertz CT molecular complexity index is 560. The molecule has 2 rings (SSSR count).